The fraction of sp³-hybridized carbons (Fsp3) is 0.480. The topological polar surface area (TPSA) is 62.3 Å². The Kier molecular flexibility index (Phi) is 5.89. The van der Waals surface area contributed by atoms with Crippen LogP contribution in [0.3, 0.4) is 0 Å². The Hall–Kier alpha value is -2.69. The molecule has 1 aliphatic carbocycles. The van der Waals surface area contributed by atoms with Crippen molar-refractivity contribution in [3.05, 3.63) is 54.4 Å². The van der Waals surface area contributed by atoms with Crippen LogP contribution in [-0.2, 0) is 16.0 Å². The second kappa shape index (κ2) is 8.58. The Morgan fingerprint density at radius 1 is 1.03 bits per heavy atom. The summed E-state index contributed by atoms with van der Waals surface area (Å²) in [5, 5.41) is 3.14. The largest absolute Gasteiger partial charge is 0.353 e. The average Bonchev–Trinajstić information content (AvgIpc) is 3.60. The summed E-state index contributed by atoms with van der Waals surface area (Å²) in [4.78, 5) is 31.8. The lowest BCUT2D eigenvalue weighted by molar-refractivity contribution is -0.141. The van der Waals surface area contributed by atoms with Gasteiger partial charge in [-0.25, -0.2) is 0 Å². The van der Waals surface area contributed by atoms with Gasteiger partial charge in [-0.3, -0.25) is 14.6 Å². The molecule has 2 aromatic rings. The van der Waals surface area contributed by atoms with Gasteiger partial charge in [-0.15, -0.1) is 0 Å². The molecule has 1 aromatic heterocycles. The van der Waals surface area contributed by atoms with Gasteiger partial charge in [0.15, 0.2) is 0 Å². The van der Waals surface area contributed by atoms with Crippen LogP contribution in [0.2, 0.25) is 0 Å². The van der Waals surface area contributed by atoms with Crippen molar-refractivity contribution >= 4 is 11.8 Å². The average molecular weight is 406 g/mol. The third-order valence-corrected chi connectivity index (χ3v) is 6.37. The number of likely N-dealkylation sites (tertiary alicyclic amines) is 1. The molecule has 5 heteroatoms. The number of pyridine rings is 1. The fourth-order valence-electron chi connectivity index (χ4n) is 4.39. The van der Waals surface area contributed by atoms with E-state index in [0.29, 0.717) is 19.5 Å². The second-order valence-corrected chi connectivity index (χ2v) is 9.12. The first-order valence-electron chi connectivity index (χ1n) is 11.1. The van der Waals surface area contributed by atoms with Crippen LogP contribution in [0.1, 0.15) is 45.1 Å². The summed E-state index contributed by atoms with van der Waals surface area (Å²) in [5.41, 5.74) is 2.99. The van der Waals surface area contributed by atoms with Crippen molar-refractivity contribution in [1.29, 1.82) is 0 Å². The van der Waals surface area contributed by atoms with Crippen LogP contribution in [0, 0.1) is 11.3 Å². The molecule has 2 heterocycles. The lowest BCUT2D eigenvalue weighted by Gasteiger charge is -2.41. The SMILES string of the molecule is CC(C)NC(=O)C1(Cc2ccc(-c3ccncc3)cc2)CCN(C(=O)C2CC2)CC1. The van der Waals surface area contributed by atoms with E-state index >= 15 is 0 Å². The molecule has 2 amide bonds. The number of carbonyl (C=O) groups is 2. The first kappa shape index (κ1) is 20.6. The van der Waals surface area contributed by atoms with Gasteiger partial charge in [0.25, 0.3) is 0 Å². The fourth-order valence-corrected chi connectivity index (χ4v) is 4.39. The first-order chi connectivity index (χ1) is 14.5. The number of nitrogens with zero attached hydrogens (tertiary/aromatic N) is 2. The predicted octanol–water partition coefficient (Wildman–Crippen LogP) is 3.83. The number of nitrogens with one attached hydrogen (secondary N) is 1. The van der Waals surface area contributed by atoms with E-state index in [4.69, 9.17) is 0 Å². The van der Waals surface area contributed by atoms with E-state index < -0.39 is 5.41 Å². The van der Waals surface area contributed by atoms with Crippen LogP contribution in [0.5, 0.6) is 0 Å². The molecule has 1 N–H and O–H groups in total. The summed E-state index contributed by atoms with van der Waals surface area (Å²) in [5.74, 6) is 0.645. The van der Waals surface area contributed by atoms with E-state index in [1.165, 1.54) is 0 Å². The molecule has 0 bridgehead atoms. The second-order valence-electron chi connectivity index (χ2n) is 9.12. The number of hydrogen-bond acceptors (Lipinski definition) is 3. The minimum atomic E-state index is -0.456. The maximum atomic E-state index is 13.2. The monoisotopic (exact) mass is 405 g/mol. The van der Waals surface area contributed by atoms with E-state index in [0.717, 1.165) is 42.4 Å². The van der Waals surface area contributed by atoms with Crippen LogP contribution >= 0.6 is 0 Å². The van der Waals surface area contributed by atoms with Gasteiger partial charge in [0.1, 0.15) is 0 Å². The molecule has 1 saturated heterocycles. The van der Waals surface area contributed by atoms with Gasteiger partial charge in [-0.2, -0.15) is 0 Å². The Morgan fingerprint density at radius 3 is 2.20 bits per heavy atom. The van der Waals surface area contributed by atoms with E-state index in [9.17, 15) is 9.59 Å². The predicted molar refractivity (Wildman–Crippen MR) is 118 cm³/mol. The van der Waals surface area contributed by atoms with E-state index in [1.807, 2.05) is 30.9 Å². The first-order valence-corrected chi connectivity index (χ1v) is 11.1. The van der Waals surface area contributed by atoms with Crippen LogP contribution < -0.4 is 5.32 Å². The maximum absolute atomic E-state index is 13.2. The maximum Gasteiger partial charge on any atom is 0.226 e. The quantitative estimate of drug-likeness (QED) is 0.794. The van der Waals surface area contributed by atoms with Crippen LogP contribution in [-0.4, -0.2) is 40.8 Å². The summed E-state index contributed by atoms with van der Waals surface area (Å²) in [6.07, 6.45) is 7.78. The molecule has 0 unspecified atom stereocenters. The molecular formula is C25H31N3O2. The standard InChI is InChI=1S/C25H31N3O2/c1-18(2)27-24(30)25(11-15-28(16-12-25)23(29)22-7-8-22)17-19-3-5-20(6-4-19)21-9-13-26-14-10-21/h3-6,9-10,13-14,18,22H,7-8,11-12,15-17H2,1-2H3,(H,27,30). The lowest BCUT2D eigenvalue weighted by atomic mass is 9.72. The van der Waals surface area contributed by atoms with Crippen LogP contribution in [0.4, 0.5) is 0 Å². The number of benzene rings is 1. The van der Waals surface area contributed by atoms with Crippen molar-refractivity contribution in [2.45, 2.75) is 52.0 Å². The number of hydrogen-bond donors (Lipinski definition) is 1. The third kappa shape index (κ3) is 4.55. The molecule has 2 aliphatic rings. The van der Waals surface area contributed by atoms with Gasteiger partial charge in [0, 0.05) is 37.4 Å². The molecule has 1 aliphatic heterocycles. The van der Waals surface area contributed by atoms with Crippen molar-refractivity contribution in [1.82, 2.24) is 15.2 Å². The number of amides is 2. The van der Waals surface area contributed by atoms with Crippen molar-refractivity contribution in [2.24, 2.45) is 11.3 Å². The molecule has 1 aromatic carbocycles. The number of piperidine rings is 1. The van der Waals surface area contributed by atoms with Crippen molar-refractivity contribution in [3.8, 4) is 11.1 Å². The van der Waals surface area contributed by atoms with E-state index in [2.05, 4.69) is 34.6 Å². The van der Waals surface area contributed by atoms with Gasteiger partial charge in [-0.1, -0.05) is 24.3 Å². The summed E-state index contributed by atoms with van der Waals surface area (Å²) < 4.78 is 0. The minimum absolute atomic E-state index is 0.106. The molecule has 30 heavy (non-hydrogen) atoms. The molecular weight excluding hydrogens is 374 g/mol. The van der Waals surface area contributed by atoms with Gasteiger partial charge < -0.3 is 10.2 Å². The van der Waals surface area contributed by atoms with E-state index in [-0.39, 0.29) is 23.8 Å². The van der Waals surface area contributed by atoms with Gasteiger partial charge >= 0.3 is 0 Å². The Balaban J connectivity index is 1.50. The highest BCUT2D eigenvalue weighted by atomic mass is 16.2. The van der Waals surface area contributed by atoms with Crippen molar-refractivity contribution in [2.75, 3.05) is 13.1 Å². The Morgan fingerprint density at radius 2 is 1.63 bits per heavy atom. The lowest BCUT2D eigenvalue weighted by Crippen LogP contribution is -2.52. The van der Waals surface area contributed by atoms with Gasteiger partial charge in [-0.05, 0) is 74.8 Å². The molecule has 2 fully saturated rings. The minimum Gasteiger partial charge on any atom is -0.353 e. The molecule has 0 radical (unpaired) electrons. The van der Waals surface area contributed by atoms with Crippen molar-refractivity contribution in [3.63, 3.8) is 0 Å². The molecule has 4 rings (SSSR count). The van der Waals surface area contributed by atoms with Crippen molar-refractivity contribution < 1.29 is 9.59 Å². The summed E-state index contributed by atoms with van der Waals surface area (Å²) >= 11 is 0. The normalized spacial score (nSPS) is 18.3. The summed E-state index contributed by atoms with van der Waals surface area (Å²) in [6.45, 7) is 5.35. The highest BCUT2D eigenvalue weighted by Gasteiger charge is 2.44. The Bertz CT molecular complexity index is 880. The Labute approximate surface area is 178 Å². The molecule has 0 spiro atoms. The highest BCUT2D eigenvalue weighted by Crippen LogP contribution is 2.39. The van der Waals surface area contributed by atoms with Gasteiger partial charge in [0.2, 0.25) is 11.8 Å². The smallest absolute Gasteiger partial charge is 0.226 e. The van der Waals surface area contributed by atoms with E-state index in [1.54, 1.807) is 12.4 Å². The zero-order valence-electron chi connectivity index (χ0n) is 17.9. The number of rotatable bonds is 6. The molecule has 158 valence electrons. The molecule has 1 saturated carbocycles. The molecule has 5 nitrogen and oxygen atoms in total. The van der Waals surface area contributed by atoms with Crippen LogP contribution in [0.15, 0.2) is 48.8 Å². The van der Waals surface area contributed by atoms with Crippen LogP contribution in [0.25, 0.3) is 11.1 Å². The van der Waals surface area contributed by atoms with Gasteiger partial charge in [0.05, 0.1) is 5.41 Å². The number of aromatic nitrogens is 1. The summed E-state index contributed by atoms with van der Waals surface area (Å²) in [7, 11) is 0. The molecule has 0 atom stereocenters. The third-order valence-electron chi connectivity index (χ3n) is 6.37. The summed E-state index contributed by atoms with van der Waals surface area (Å²) in [6, 6.07) is 12.6. The zero-order chi connectivity index (χ0) is 21.1. The zero-order valence-corrected chi connectivity index (χ0v) is 17.9. The number of carbonyl (C=O) groups excluding carboxylic acids is 2. The highest BCUT2D eigenvalue weighted by molar-refractivity contribution is 5.85.